The summed E-state index contributed by atoms with van der Waals surface area (Å²) in [5.74, 6) is 0.560. The van der Waals surface area contributed by atoms with Gasteiger partial charge in [-0.15, -0.1) is 0 Å². The quantitative estimate of drug-likeness (QED) is 0.633. The Morgan fingerprint density at radius 3 is 2.81 bits per heavy atom. The van der Waals surface area contributed by atoms with Crippen LogP contribution < -0.4 is 15.5 Å². The van der Waals surface area contributed by atoms with E-state index in [1.54, 1.807) is 16.9 Å². The van der Waals surface area contributed by atoms with E-state index in [4.69, 9.17) is 0 Å². The lowest BCUT2D eigenvalue weighted by Gasteiger charge is -2.38. The minimum atomic E-state index is -0.355. The topological polar surface area (TPSA) is 88.0 Å². The normalized spacial score (nSPS) is 15.7. The van der Waals surface area contributed by atoms with Gasteiger partial charge in [0.2, 0.25) is 5.91 Å². The fourth-order valence-corrected chi connectivity index (χ4v) is 3.89. The van der Waals surface area contributed by atoms with Crippen LogP contribution in [-0.4, -0.2) is 38.7 Å². The molecule has 0 aromatic carbocycles. The largest absolute Gasteiger partial charge is 0.366 e. The number of amides is 1. The average molecular weight is 423 g/mol. The lowest BCUT2D eigenvalue weighted by atomic mass is 9.98. The molecule has 4 rings (SSSR count). The second-order valence-corrected chi connectivity index (χ2v) is 8.14. The Labute approximate surface area is 180 Å². The predicted octanol–water partition coefficient (Wildman–Crippen LogP) is 3.19. The first-order valence-electron chi connectivity index (χ1n) is 10.2. The molecule has 8 nitrogen and oxygen atoms in total. The van der Waals surface area contributed by atoms with Gasteiger partial charge in [-0.3, -0.25) is 14.5 Å². The highest BCUT2D eigenvalue weighted by Gasteiger charge is 2.34. The molecule has 3 aromatic heterocycles. The van der Waals surface area contributed by atoms with E-state index in [1.807, 2.05) is 45.0 Å². The number of rotatable bonds is 6. The van der Waals surface area contributed by atoms with Crippen LogP contribution in [0.5, 0.6) is 0 Å². The van der Waals surface area contributed by atoms with Gasteiger partial charge in [0, 0.05) is 31.4 Å². The van der Waals surface area contributed by atoms with Crippen molar-refractivity contribution in [2.75, 3.05) is 22.6 Å². The number of fused-ring (bicyclic) bond motifs is 1. The molecule has 162 valence electrons. The second-order valence-electron chi connectivity index (χ2n) is 8.14. The van der Waals surface area contributed by atoms with E-state index in [1.165, 1.54) is 12.3 Å². The third-order valence-electron chi connectivity index (χ3n) is 5.40. The van der Waals surface area contributed by atoms with Crippen LogP contribution >= 0.6 is 0 Å². The number of anilines is 3. The molecular weight excluding hydrogens is 397 g/mol. The van der Waals surface area contributed by atoms with Crippen LogP contribution in [0.15, 0.2) is 36.8 Å². The van der Waals surface area contributed by atoms with Crippen LogP contribution in [0.2, 0.25) is 0 Å². The third kappa shape index (κ3) is 4.35. The average Bonchev–Trinajstić information content (AvgIpc) is 3.16. The van der Waals surface area contributed by atoms with Crippen molar-refractivity contribution in [2.24, 2.45) is 5.92 Å². The molecule has 0 bridgehead atoms. The summed E-state index contributed by atoms with van der Waals surface area (Å²) in [7, 11) is 1.94. The molecule has 1 atom stereocenters. The van der Waals surface area contributed by atoms with Crippen molar-refractivity contribution in [1.29, 1.82) is 0 Å². The van der Waals surface area contributed by atoms with E-state index in [9.17, 15) is 9.18 Å². The smallest absolute Gasteiger partial charge is 0.247 e. The maximum absolute atomic E-state index is 13.0. The number of aryl methyl sites for hydroxylation is 1. The Kier molecular flexibility index (Phi) is 5.58. The lowest BCUT2D eigenvalue weighted by molar-refractivity contribution is -0.118. The number of aromatic nitrogens is 4. The van der Waals surface area contributed by atoms with Crippen LogP contribution in [0.3, 0.4) is 0 Å². The molecule has 1 aliphatic rings. The first-order valence-corrected chi connectivity index (χ1v) is 10.2. The van der Waals surface area contributed by atoms with Crippen LogP contribution in [-0.2, 0) is 17.9 Å². The van der Waals surface area contributed by atoms with Crippen molar-refractivity contribution in [3.8, 4) is 0 Å². The predicted molar refractivity (Wildman–Crippen MR) is 117 cm³/mol. The molecule has 3 aromatic rings. The van der Waals surface area contributed by atoms with Gasteiger partial charge in [-0.05, 0) is 25.0 Å². The Morgan fingerprint density at radius 1 is 1.29 bits per heavy atom. The molecule has 0 radical (unpaired) electrons. The van der Waals surface area contributed by atoms with E-state index in [0.717, 1.165) is 34.1 Å². The first-order chi connectivity index (χ1) is 14.8. The third-order valence-corrected chi connectivity index (χ3v) is 5.40. The highest BCUT2D eigenvalue weighted by atomic mass is 19.1. The molecule has 0 spiro atoms. The van der Waals surface area contributed by atoms with Crippen molar-refractivity contribution in [2.45, 2.75) is 39.9 Å². The second kappa shape index (κ2) is 8.33. The van der Waals surface area contributed by atoms with Crippen LogP contribution in [0, 0.1) is 18.7 Å². The molecule has 0 saturated carbocycles. The highest BCUT2D eigenvalue weighted by Crippen LogP contribution is 2.36. The van der Waals surface area contributed by atoms with Crippen molar-refractivity contribution in [3.63, 3.8) is 0 Å². The maximum Gasteiger partial charge on any atom is 0.247 e. The fourth-order valence-electron chi connectivity index (χ4n) is 3.89. The first kappa shape index (κ1) is 20.8. The summed E-state index contributed by atoms with van der Waals surface area (Å²) in [6, 6.07) is 4.78. The van der Waals surface area contributed by atoms with Crippen molar-refractivity contribution >= 4 is 23.1 Å². The SMILES string of the molecule is Cc1nc(NCc2cnn(Cc3ccc(F)cn3)c2)cc2c1NC(=O)C(C(C)C)N2C. The summed E-state index contributed by atoms with van der Waals surface area (Å²) in [5, 5.41) is 10.7. The number of likely N-dealkylation sites (N-methyl/N-ethyl adjacent to an activating group) is 1. The molecule has 1 aliphatic heterocycles. The standard InChI is InChI=1S/C22H26FN7O/c1-13(2)21-22(31)28-20-14(3)27-19(7-18(20)29(21)4)25-8-15-9-26-30(11-15)12-17-6-5-16(23)10-24-17/h5-7,9-11,13,21H,8,12H2,1-4H3,(H,25,27)(H,28,31). The lowest BCUT2D eigenvalue weighted by Crippen LogP contribution is -2.49. The monoisotopic (exact) mass is 423 g/mol. The van der Waals surface area contributed by atoms with Crippen molar-refractivity contribution in [3.05, 3.63) is 59.6 Å². The Balaban J connectivity index is 1.46. The van der Waals surface area contributed by atoms with Gasteiger partial charge in [0.25, 0.3) is 0 Å². The summed E-state index contributed by atoms with van der Waals surface area (Å²) in [5.41, 5.74) is 4.20. The van der Waals surface area contributed by atoms with Crippen molar-refractivity contribution in [1.82, 2.24) is 19.7 Å². The number of nitrogens with one attached hydrogen (secondary N) is 2. The highest BCUT2D eigenvalue weighted by molar-refractivity contribution is 6.04. The van der Waals surface area contributed by atoms with Crippen molar-refractivity contribution < 1.29 is 9.18 Å². The molecule has 4 heterocycles. The summed E-state index contributed by atoms with van der Waals surface area (Å²) in [4.78, 5) is 23.2. The molecule has 1 unspecified atom stereocenters. The van der Waals surface area contributed by atoms with Gasteiger partial charge in [0.1, 0.15) is 17.7 Å². The number of carbonyl (C=O) groups is 1. The zero-order valence-corrected chi connectivity index (χ0v) is 18.1. The molecule has 1 amide bonds. The van der Waals surface area contributed by atoms with Gasteiger partial charge in [-0.2, -0.15) is 5.10 Å². The molecule has 2 N–H and O–H groups in total. The van der Waals surface area contributed by atoms with Crippen LogP contribution in [0.25, 0.3) is 0 Å². The summed E-state index contributed by atoms with van der Waals surface area (Å²) >= 11 is 0. The van der Waals surface area contributed by atoms with Gasteiger partial charge in [0.15, 0.2) is 0 Å². The van der Waals surface area contributed by atoms with E-state index < -0.39 is 0 Å². The van der Waals surface area contributed by atoms with E-state index in [2.05, 4.69) is 25.7 Å². The minimum Gasteiger partial charge on any atom is -0.366 e. The molecule has 0 saturated heterocycles. The van der Waals surface area contributed by atoms with E-state index >= 15 is 0 Å². The Morgan fingerprint density at radius 2 is 2.10 bits per heavy atom. The van der Waals surface area contributed by atoms with Gasteiger partial charge in [-0.1, -0.05) is 13.8 Å². The van der Waals surface area contributed by atoms with Crippen LogP contribution in [0.1, 0.15) is 30.8 Å². The van der Waals surface area contributed by atoms with Gasteiger partial charge in [0.05, 0.1) is 41.7 Å². The summed E-state index contributed by atoms with van der Waals surface area (Å²) < 4.78 is 14.8. The zero-order valence-electron chi connectivity index (χ0n) is 18.1. The van der Waals surface area contributed by atoms with Gasteiger partial charge >= 0.3 is 0 Å². The molecule has 0 fully saturated rings. The Hall–Kier alpha value is -3.49. The fraction of sp³-hybridized carbons (Fsp3) is 0.364. The van der Waals surface area contributed by atoms with Gasteiger partial charge < -0.3 is 15.5 Å². The summed E-state index contributed by atoms with van der Waals surface area (Å²) in [6.07, 6.45) is 4.90. The number of nitrogens with zero attached hydrogens (tertiary/aromatic N) is 5. The van der Waals surface area contributed by atoms with E-state index in [-0.39, 0.29) is 23.7 Å². The van der Waals surface area contributed by atoms with E-state index in [0.29, 0.717) is 13.1 Å². The molecule has 9 heteroatoms. The molecular formula is C22H26FN7O. The zero-order chi connectivity index (χ0) is 22.1. The molecule has 31 heavy (non-hydrogen) atoms. The number of halogens is 1. The van der Waals surface area contributed by atoms with Crippen LogP contribution in [0.4, 0.5) is 21.6 Å². The maximum atomic E-state index is 13.0. The molecule has 0 aliphatic carbocycles. The minimum absolute atomic E-state index is 0.00123. The Bertz CT molecular complexity index is 1090. The number of hydrogen-bond donors (Lipinski definition) is 2. The summed E-state index contributed by atoms with van der Waals surface area (Å²) in [6.45, 7) is 6.99. The van der Waals surface area contributed by atoms with Gasteiger partial charge in [-0.25, -0.2) is 9.37 Å². The number of carbonyl (C=O) groups excluding carboxylic acids is 1. The number of hydrogen-bond acceptors (Lipinski definition) is 6. The number of pyridine rings is 2.